The largest absolute Gasteiger partial charge is 0.407 e. The highest BCUT2D eigenvalue weighted by molar-refractivity contribution is 5.88. The number of alkyl halides is 3. The summed E-state index contributed by atoms with van der Waals surface area (Å²) in [4.78, 5) is 15.5. The van der Waals surface area contributed by atoms with Crippen LogP contribution in [0.2, 0.25) is 0 Å². The van der Waals surface area contributed by atoms with Crippen LogP contribution in [-0.4, -0.2) is 26.3 Å². The fourth-order valence-corrected chi connectivity index (χ4v) is 3.12. The lowest BCUT2D eigenvalue weighted by atomic mass is 9.94. The first kappa shape index (κ1) is 20.6. The Morgan fingerprint density at radius 2 is 2.00 bits per heavy atom. The van der Waals surface area contributed by atoms with Gasteiger partial charge < -0.3 is 5.11 Å². The van der Waals surface area contributed by atoms with Crippen LogP contribution in [0, 0.1) is 13.5 Å². The number of aliphatic hydroxyl groups is 1. The zero-order chi connectivity index (χ0) is 21.4. The molecule has 1 aromatic heterocycles. The molecular formula is C21H18F3N3O2. The zero-order valence-corrected chi connectivity index (χ0v) is 15.8. The summed E-state index contributed by atoms with van der Waals surface area (Å²) in [6.45, 7) is 9.95. The summed E-state index contributed by atoms with van der Waals surface area (Å²) in [5.74, 6) is -0.641. The SMILES string of the molecule is [C-]#[N+]c1ccc(CC(=O)[C@@](C)(O)Cn2cc3cccc(C)c3n2)cc1C(F)(F)F. The van der Waals surface area contributed by atoms with Gasteiger partial charge >= 0.3 is 6.18 Å². The Hall–Kier alpha value is -3.18. The fraction of sp³-hybridized carbons (Fsp3) is 0.286. The number of aromatic nitrogens is 2. The minimum absolute atomic E-state index is 0.0801. The smallest absolute Gasteiger partial charge is 0.380 e. The van der Waals surface area contributed by atoms with E-state index in [0.29, 0.717) is 0 Å². The summed E-state index contributed by atoms with van der Waals surface area (Å²) >= 11 is 0. The van der Waals surface area contributed by atoms with Crippen molar-refractivity contribution in [2.75, 3.05) is 0 Å². The molecule has 0 aliphatic heterocycles. The summed E-state index contributed by atoms with van der Waals surface area (Å²) in [6, 6.07) is 8.75. The predicted octanol–water partition coefficient (Wildman–Crippen LogP) is 4.48. The Kier molecular flexibility index (Phi) is 5.20. The molecule has 3 rings (SSSR count). The molecule has 0 radical (unpaired) electrons. The van der Waals surface area contributed by atoms with E-state index in [9.17, 15) is 23.1 Å². The van der Waals surface area contributed by atoms with Crippen molar-refractivity contribution in [3.05, 3.63) is 70.7 Å². The lowest BCUT2D eigenvalue weighted by Crippen LogP contribution is -2.40. The van der Waals surface area contributed by atoms with Crippen LogP contribution in [0.5, 0.6) is 0 Å². The van der Waals surface area contributed by atoms with Gasteiger partial charge in [0.1, 0.15) is 5.60 Å². The highest BCUT2D eigenvalue weighted by atomic mass is 19.4. The van der Waals surface area contributed by atoms with Crippen molar-refractivity contribution in [2.24, 2.45) is 0 Å². The Balaban J connectivity index is 1.82. The molecule has 0 saturated carbocycles. The summed E-state index contributed by atoms with van der Waals surface area (Å²) in [5, 5.41) is 15.9. The number of nitrogens with zero attached hydrogens (tertiary/aromatic N) is 3. The highest BCUT2D eigenvalue weighted by Crippen LogP contribution is 2.37. The number of halogens is 3. The van der Waals surface area contributed by atoms with Gasteiger partial charge in [0.2, 0.25) is 0 Å². The third-order valence-electron chi connectivity index (χ3n) is 4.71. The zero-order valence-electron chi connectivity index (χ0n) is 15.8. The third-order valence-corrected chi connectivity index (χ3v) is 4.71. The second kappa shape index (κ2) is 7.33. The first-order valence-electron chi connectivity index (χ1n) is 8.77. The first-order valence-corrected chi connectivity index (χ1v) is 8.77. The fourth-order valence-electron chi connectivity index (χ4n) is 3.12. The molecule has 0 saturated heterocycles. The standard InChI is InChI=1S/C21H18F3N3O2/c1-13-5-4-6-15-11-27(26-19(13)15)12-20(2,29)18(28)10-14-7-8-17(25-3)16(9-14)21(22,23)24/h4-9,11,29H,10,12H2,1-2H3/t20-/m0/s1. The van der Waals surface area contributed by atoms with Crippen molar-refractivity contribution < 1.29 is 23.1 Å². The van der Waals surface area contributed by atoms with Gasteiger partial charge in [-0.1, -0.05) is 36.4 Å². The molecule has 5 nitrogen and oxygen atoms in total. The van der Waals surface area contributed by atoms with E-state index >= 15 is 0 Å². The van der Waals surface area contributed by atoms with E-state index in [1.807, 2.05) is 25.1 Å². The van der Waals surface area contributed by atoms with Gasteiger partial charge in [0.25, 0.3) is 0 Å². The molecule has 0 bridgehead atoms. The molecule has 2 aromatic carbocycles. The monoisotopic (exact) mass is 401 g/mol. The van der Waals surface area contributed by atoms with Crippen LogP contribution in [0.1, 0.15) is 23.6 Å². The number of ketones is 1. The van der Waals surface area contributed by atoms with E-state index in [0.717, 1.165) is 28.6 Å². The van der Waals surface area contributed by atoms with Gasteiger partial charge in [0.05, 0.1) is 24.2 Å². The second-order valence-corrected chi connectivity index (χ2v) is 7.17. The van der Waals surface area contributed by atoms with E-state index in [-0.39, 0.29) is 12.1 Å². The number of hydrogen-bond donors (Lipinski definition) is 1. The Labute approximate surface area is 165 Å². The molecule has 8 heteroatoms. The van der Waals surface area contributed by atoms with Crippen LogP contribution in [-0.2, 0) is 23.9 Å². The van der Waals surface area contributed by atoms with E-state index < -0.39 is 35.2 Å². The molecular weight excluding hydrogens is 383 g/mol. The van der Waals surface area contributed by atoms with Crippen LogP contribution >= 0.6 is 0 Å². The van der Waals surface area contributed by atoms with Crippen LogP contribution in [0.25, 0.3) is 15.7 Å². The topological polar surface area (TPSA) is 59.5 Å². The average Bonchev–Trinajstić information content (AvgIpc) is 3.04. The van der Waals surface area contributed by atoms with E-state index in [2.05, 4.69) is 9.94 Å². The number of hydrogen-bond acceptors (Lipinski definition) is 3. The summed E-state index contributed by atoms with van der Waals surface area (Å²) in [5.41, 5.74) is -1.67. The van der Waals surface area contributed by atoms with Crippen LogP contribution in [0.3, 0.4) is 0 Å². The van der Waals surface area contributed by atoms with Crippen LogP contribution in [0.4, 0.5) is 18.9 Å². The van der Waals surface area contributed by atoms with Gasteiger partial charge in [0, 0.05) is 18.0 Å². The van der Waals surface area contributed by atoms with Crippen LogP contribution in [0.15, 0.2) is 42.6 Å². The molecule has 0 spiro atoms. The van der Waals surface area contributed by atoms with E-state index in [1.54, 1.807) is 6.20 Å². The number of rotatable bonds is 5. The second-order valence-electron chi connectivity index (χ2n) is 7.17. The van der Waals surface area contributed by atoms with Gasteiger partial charge in [-0.15, -0.1) is 0 Å². The van der Waals surface area contributed by atoms with Crippen molar-refractivity contribution in [1.29, 1.82) is 0 Å². The summed E-state index contributed by atoms with van der Waals surface area (Å²) in [7, 11) is 0. The minimum Gasteiger partial charge on any atom is -0.380 e. The Morgan fingerprint density at radius 1 is 1.28 bits per heavy atom. The van der Waals surface area contributed by atoms with Gasteiger partial charge in [-0.05, 0) is 25.0 Å². The molecule has 0 unspecified atom stereocenters. The number of carbonyl (C=O) groups is 1. The maximum atomic E-state index is 13.1. The molecule has 0 amide bonds. The molecule has 0 fully saturated rings. The molecule has 0 aliphatic rings. The van der Waals surface area contributed by atoms with Gasteiger partial charge in [-0.25, -0.2) is 4.85 Å². The highest BCUT2D eigenvalue weighted by Gasteiger charge is 2.35. The Morgan fingerprint density at radius 3 is 2.62 bits per heavy atom. The lowest BCUT2D eigenvalue weighted by molar-refractivity contribution is -0.138. The Bertz CT molecular complexity index is 1120. The molecule has 0 aliphatic carbocycles. The average molecular weight is 401 g/mol. The molecule has 3 aromatic rings. The van der Waals surface area contributed by atoms with Crippen molar-refractivity contribution in [2.45, 2.75) is 38.6 Å². The van der Waals surface area contributed by atoms with Gasteiger partial charge in [0.15, 0.2) is 11.5 Å². The molecule has 1 N–H and O–H groups in total. The van der Waals surface area contributed by atoms with Gasteiger partial charge in [-0.3, -0.25) is 9.48 Å². The maximum absolute atomic E-state index is 13.1. The molecule has 1 atom stereocenters. The van der Waals surface area contributed by atoms with Crippen molar-refractivity contribution >= 4 is 22.4 Å². The van der Waals surface area contributed by atoms with Crippen LogP contribution < -0.4 is 0 Å². The maximum Gasteiger partial charge on any atom is 0.407 e. The summed E-state index contributed by atoms with van der Waals surface area (Å²) < 4.78 is 40.8. The van der Waals surface area contributed by atoms with Crippen molar-refractivity contribution in [3.63, 3.8) is 0 Å². The first-order chi connectivity index (χ1) is 13.5. The van der Waals surface area contributed by atoms with Crippen molar-refractivity contribution in [3.8, 4) is 0 Å². The number of carbonyl (C=O) groups excluding carboxylic acids is 1. The third kappa shape index (κ3) is 4.30. The minimum atomic E-state index is -4.70. The molecule has 1 heterocycles. The molecule has 150 valence electrons. The predicted molar refractivity (Wildman–Crippen MR) is 102 cm³/mol. The normalized spacial score (nSPS) is 13.8. The van der Waals surface area contributed by atoms with Crippen molar-refractivity contribution in [1.82, 2.24) is 9.78 Å². The quantitative estimate of drug-likeness (QED) is 0.642. The number of benzene rings is 2. The van der Waals surface area contributed by atoms with E-state index in [1.165, 1.54) is 17.7 Å². The van der Waals surface area contributed by atoms with E-state index in [4.69, 9.17) is 6.57 Å². The lowest BCUT2D eigenvalue weighted by Gasteiger charge is -2.22. The number of Topliss-reactive ketones (excluding diaryl/α,β-unsaturated/α-hetero) is 1. The number of aryl methyl sites for hydroxylation is 1. The summed E-state index contributed by atoms with van der Waals surface area (Å²) in [6.07, 6.45) is -3.39. The molecule has 29 heavy (non-hydrogen) atoms. The van der Waals surface area contributed by atoms with Gasteiger partial charge in [-0.2, -0.15) is 18.3 Å². The number of fused-ring (bicyclic) bond motifs is 1.